The largest absolute Gasteiger partial charge is 0.396 e. The molecule has 0 aliphatic rings. The van der Waals surface area contributed by atoms with Crippen molar-refractivity contribution in [2.45, 2.75) is 19.4 Å². The first kappa shape index (κ1) is 15.2. The van der Waals surface area contributed by atoms with Crippen molar-refractivity contribution in [3.8, 4) is 0 Å². The van der Waals surface area contributed by atoms with Gasteiger partial charge in [-0.05, 0) is 25.5 Å². The monoisotopic (exact) mass is 290 g/mol. The van der Waals surface area contributed by atoms with E-state index in [1.807, 2.05) is 6.92 Å². The van der Waals surface area contributed by atoms with Gasteiger partial charge in [-0.25, -0.2) is 0 Å². The van der Waals surface area contributed by atoms with Gasteiger partial charge < -0.3 is 15.7 Å². The molecule has 18 heavy (non-hydrogen) atoms. The van der Waals surface area contributed by atoms with Crippen molar-refractivity contribution in [1.82, 2.24) is 5.32 Å². The van der Waals surface area contributed by atoms with Gasteiger partial charge in [0.15, 0.2) is 0 Å². The van der Waals surface area contributed by atoms with Crippen LogP contribution in [0.5, 0.6) is 0 Å². The molecule has 0 aliphatic heterocycles. The zero-order chi connectivity index (χ0) is 13.5. The number of hydrogen-bond acceptors (Lipinski definition) is 3. The highest BCUT2D eigenvalue weighted by Crippen LogP contribution is 2.29. The predicted octanol–water partition coefficient (Wildman–Crippen LogP) is 2.29. The van der Waals surface area contributed by atoms with Crippen LogP contribution in [0, 0.1) is 0 Å². The third-order valence-corrected chi connectivity index (χ3v) is 3.03. The van der Waals surface area contributed by atoms with Crippen LogP contribution < -0.4 is 10.6 Å². The van der Waals surface area contributed by atoms with Gasteiger partial charge in [-0.1, -0.05) is 29.3 Å². The topological polar surface area (TPSA) is 61.4 Å². The number of carbonyl (C=O) groups excluding carboxylic acids is 1. The zero-order valence-electron chi connectivity index (χ0n) is 10.0. The molecule has 1 aromatic carbocycles. The molecule has 0 bridgehead atoms. The maximum atomic E-state index is 11.7. The Morgan fingerprint density at radius 2 is 2.00 bits per heavy atom. The quantitative estimate of drug-likeness (QED) is 0.753. The number of nitrogens with one attached hydrogen (secondary N) is 2. The SMILES string of the molecule is CC(CCO)NCC(=O)Nc1c(Cl)cccc1Cl. The van der Waals surface area contributed by atoms with Crippen molar-refractivity contribution in [3.05, 3.63) is 28.2 Å². The van der Waals surface area contributed by atoms with Crippen LogP contribution in [0.15, 0.2) is 18.2 Å². The van der Waals surface area contributed by atoms with Gasteiger partial charge in [-0.2, -0.15) is 0 Å². The van der Waals surface area contributed by atoms with Crippen LogP contribution in [0.25, 0.3) is 0 Å². The number of benzene rings is 1. The summed E-state index contributed by atoms with van der Waals surface area (Å²) >= 11 is 11.9. The summed E-state index contributed by atoms with van der Waals surface area (Å²) in [5, 5.41) is 15.2. The number of halogens is 2. The minimum Gasteiger partial charge on any atom is -0.396 e. The van der Waals surface area contributed by atoms with Gasteiger partial charge in [0.2, 0.25) is 5.91 Å². The smallest absolute Gasteiger partial charge is 0.238 e. The van der Waals surface area contributed by atoms with E-state index in [0.29, 0.717) is 22.2 Å². The first-order valence-corrected chi connectivity index (χ1v) is 6.38. The number of para-hydroxylation sites is 1. The Kier molecular flexibility index (Phi) is 6.43. The number of carbonyl (C=O) groups is 1. The molecule has 1 unspecified atom stereocenters. The Labute approximate surface area is 116 Å². The summed E-state index contributed by atoms with van der Waals surface area (Å²) in [6.07, 6.45) is 0.597. The summed E-state index contributed by atoms with van der Waals surface area (Å²) in [6, 6.07) is 5.10. The van der Waals surface area contributed by atoms with Gasteiger partial charge in [0, 0.05) is 12.6 Å². The van der Waals surface area contributed by atoms with Crippen LogP contribution >= 0.6 is 23.2 Å². The van der Waals surface area contributed by atoms with E-state index < -0.39 is 0 Å². The Balaban J connectivity index is 2.50. The summed E-state index contributed by atoms with van der Waals surface area (Å²) in [4.78, 5) is 11.7. The third kappa shape index (κ3) is 4.82. The number of hydrogen-bond donors (Lipinski definition) is 3. The molecule has 0 heterocycles. The molecule has 0 saturated heterocycles. The average Bonchev–Trinajstić information content (AvgIpc) is 2.32. The predicted molar refractivity (Wildman–Crippen MR) is 74.3 cm³/mol. The van der Waals surface area contributed by atoms with E-state index in [1.165, 1.54) is 0 Å². The number of aliphatic hydroxyl groups is 1. The average molecular weight is 291 g/mol. The molecule has 0 spiro atoms. The van der Waals surface area contributed by atoms with Crippen molar-refractivity contribution in [3.63, 3.8) is 0 Å². The van der Waals surface area contributed by atoms with E-state index >= 15 is 0 Å². The molecule has 3 N–H and O–H groups in total. The summed E-state index contributed by atoms with van der Waals surface area (Å²) in [5.41, 5.74) is 0.419. The highest BCUT2D eigenvalue weighted by atomic mass is 35.5. The van der Waals surface area contributed by atoms with E-state index in [1.54, 1.807) is 18.2 Å². The first-order chi connectivity index (χ1) is 8.54. The van der Waals surface area contributed by atoms with Crippen LogP contribution in [0.4, 0.5) is 5.69 Å². The molecule has 0 radical (unpaired) electrons. The van der Waals surface area contributed by atoms with E-state index in [-0.39, 0.29) is 25.1 Å². The lowest BCUT2D eigenvalue weighted by Crippen LogP contribution is -2.35. The summed E-state index contributed by atoms with van der Waals surface area (Å²) in [6.45, 7) is 2.13. The molecular formula is C12H16Cl2N2O2. The summed E-state index contributed by atoms with van der Waals surface area (Å²) in [5.74, 6) is -0.227. The Morgan fingerprint density at radius 1 is 1.39 bits per heavy atom. The molecule has 1 rings (SSSR count). The fourth-order valence-corrected chi connectivity index (χ4v) is 1.86. The fraction of sp³-hybridized carbons (Fsp3) is 0.417. The highest BCUT2D eigenvalue weighted by Gasteiger charge is 2.10. The highest BCUT2D eigenvalue weighted by molar-refractivity contribution is 6.39. The Hall–Kier alpha value is -0.810. The van der Waals surface area contributed by atoms with Crippen molar-refractivity contribution >= 4 is 34.8 Å². The molecule has 0 aliphatic carbocycles. The zero-order valence-corrected chi connectivity index (χ0v) is 11.6. The first-order valence-electron chi connectivity index (χ1n) is 5.62. The van der Waals surface area contributed by atoms with E-state index in [4.69, 9.17) is 28.3 Å². The number of rotatable bonds is 6. The number of aliphatic hydroxyl groups excluding tert-OH is 1. The molecule has 4 nitrogen and oxygen atoms in total. The molecule has 0 aromatic heterocycles. The van der Waals surface area contributed by atoms with E-state index in [2.05, 4.69) is 10.6 Å². The number of anilines is 1. The van der Waals surface area contributed by atoms with Crippen LogP contribution in [0.1, 0.15) is 13.3 Å². The molecule has 0 fully saturated rings. The third-order valence-electron chi connectivity index (χ3n) is 2.40. The maximum Gasteiger partial charge on any atom is 0.238 e. The summed E-state index contributed by atoms with van der Waals surface area (Å²) < 4.78 is 0. The second kappa shape index (κ2) is 7.59. The van der Waals surface area contributed by atoms with E-state index in [9.17, 15) is 4.79 Å². The van der Waals surface area contributed by atoms with Gasteiger partial charge in [-0.3, -0.25) is 4.79 Å². The van der Waals surface area contributed by atoms with Gasteiger partial charge in [0.05, 0.1) is 22.3 Å². The molecule has 100 valence electrons. The molecule has 1 amide bonds. The van der Waals surface area contributed by atoms with Gasteiger partial charge in [-0.15, -0.1) is 0 Å². The maximum absolute atomic E-state index is 11.7. The van der Waals surface area contributed by atoms with Crippen LogP contribution in [-0.4, -0.2) is 30.2 Å². The van der Waals surface area contributed by atoms with Crippen molar-refractivity contribution in [2.24, 2.45) is 0 Å². The van der Waals surface area contributed by atoms with Crippen molar-refractivity contribution in [1.29, 1.82) is 0 Å². The molecule has 0 saturated carbocycles. The van der Waals surface area contributed by atoms with Gasteiger partial charge in [0.1, 0.15) is 0 Å². The van der Waals surface area contributed by atoms with Gasteiger partial charge >= 0.3 is 0 Å². The molecule has 6 heteroatoms. The van der Waals surface area contributed by atoms with Gasteiger partial charge in [0.25, 0.3) is 0 Å². The Morgan fingerprint density at radius 3 is 2.56 bits per heavy atom. The van der Waals surface area contributed by atoms with E-state index in [0.717, 1.165) is 0 Å². The standard InChI is InChI=1S/C12H16Cl2N2O2/c1-8(5-6-17)15-7-11(18)16-12-9(13)3-2-4-10(12)14/h2-4,8,15,17H,5-7H2,1H3,(H,16,18). The van der Waals surface area contributed by atoms with Crippen molar-refractivity contribution < 1.29 is 9.90 Å². The minimum absolute atomic E-state index is 0.0717. The van der Waals surface area contributed by atoms with Crippen LogP contribution in [0.3, 0.4) is 0 Å². The van der Waals surface area contributed by atoms with Crippen LogP contribution in [-0.2, 0) is 4.79 Å². The Bertz CT molecular complexity index is 393. The van der Waals surface area contributed by atoms with Crippen LogP contribution in [0.2, 0.25) is 10.0 Å². The molecular weight excluding hydrogens is 275 g/mol. The number of amides is 1. The minimum atomic E-state index is -0.227. The lowest BCUT2D eigenvalue weighted by molar-refractivity contribution is -0.115. The normalized spacial score (nSPS) is 12.2. The van der Waals surface area contributed by atoms with Crippen molar-refractivity contribution in [2.75, 3.05) is 18.5 Å². The molecule has 1 atom stereocenters. The lowest BCUT2D eigenvalue weighted by atomic mass is 10.2. The summed E-state index contributed by atoms with van der Waals surface area (Å²) in [7, 11) is 0. The second-order valence-electron chi connectivity index (χ2n) is 3.94. The lowest BCUT2D eigenvalue weighted by Gasteiger charge is -2.13. The second-order valence-corrected chi connectivity index (χ2v) is 4.75. The fourth-order valence-electron chi connectivity index (χ4n) is 1.36. The molecule has 1 aromatic rings.